The lowest BCUT2D eigenvalue weighted by molar-refractivity contribution is -0.139. The Hall–Kier alpha value is -4.64. The van der Waals surface area contributed by atoms with Crippen molar-refractivity contribution in [2.24, 2.45) is 0 Å². The summed E-state index contributed by atoms with van der Waals surface area (Å²) in [4.78, 5) is 52.5. The van der Waals surface area contributed by atoms with Crippen molar-refractivity contribution < 1.29 is 38.9 Å². The third kappa shape index (κ3) is 9.80. The number of rotatable bonds is 15. The average Bonchev–Trinajstić information content (AvgIpc) is 2.96. The summed E-state index contributed by atoms with van der Waals surface area (Å²) in [5.41, 5.74) is 1.48. The standard InChI is InChI=1S/C29H30ClN3O8/c1-40-21-9-5-18(6-10-21)4-2-3-13-31-28(37)23(33-27(36)20-8-12-25(30)32-16-20)15-19-7-11-24(41-17-26(34)35)22(14-19)29(38)39/h5-12,14,16,23H,2-4,13,15,17H2,1H3,(H,31,37)(H,33,36)(H,34,35)(H,38,39)/t23-/m0/s1. The molecule has 41 heavy (non-hydrogen) atoms. The summed E-state index contributed by atoms with van der Waals surface area (Å²) in [6.45, 7) is -0.347. The van der Waals surface area contributed by atoms with Gasteiger partial charge in [-0.05, 0) is 66.8 Å². The van der Waals surface area contributed by atoms with Gasteiger partial charge in [0.25, 0.3) is 5.91 Å². The highest BCUT2D eigenvalue weighted by Crippen LogP contribution is 2.22. The molecule has 12 heteroatoms. The van der Waals surface area contributed by atoms with Crippen molar-refractivity contribution in [2.75, 3.05) is 20.3 Å². The molecule has 0 spiro atoms. The van der Waals surface area contributed by atoms with E-state index in [9.17, 15) is 24.3 Å². The van der Waals surface area contributed by atoms with E-state index in [0.29, 0.717) is 18.5 Å². The third-order valence-corrected chi connectivity index (χ3v) is 6.25. The van der Waals surface area contributed by atoms with E-state index in [0.717, 1.165) is 24.2 Å². The van der Waals surface area contributed by atoms with Crippen LogP contribution in [0.15, 0.2) is 60.8 Å². The number of hydrogen-bond donors (Lipinski definition) is 4. The number of carbonyl (C=O) groups is 4. The number of ether oxygens (including phenoxy) is 2. The number of halogens is 1. The Labute approximate surface area is 241 Å². The Bertz CT molecular complexity index is 1360. The Balaban J connectivity index is 1.68. The second kappa shape index (κ2) is 15.2. The fourth-order valence-electron chi connectivity index (χ4n) is 3.91. The number of carboxylic acid groups (broad SMARTS) is 2. The van der Waals surface area contributed by atoms with E-state index in [1.54, 1.807) is 7.11 Å². The molecule has 0 radical (unpaired) electrons. The Morgan fingerprint density at radius 3 is 2.34 bits per heavy atom. The molecule has 0 saturated heterocycles. The minimum Gasteiger partial charge on any atom is -0.497 e. The number of carboxylic acids is 2. The number of aromatic carboxylic acids is 1. The highest BCUT2D eigenvalue weighted by molar-refractivity contribution is 6.29. The van der Waals surface area contributed by atoms with Gasteiger partial charge in [-0.15, -0.1) is 0 Å². The highest BCUT2D eigenvalue weighted by atomic mass is 35.5. The molecule has 0 bridgehead atoms. The van der Waals surface area contributed by atoms with Gasteiger partial charge in [0.05, 0.1) is 12.7 Å². The zero-order valence-corrected chi connectivity index (χ0v) is 23.0. The van der Waals surface area contributed by atoms with Crippen LogP contribution in [0, 0.1) is 0 Å². The van der Waals surface area contributed by atoms with Gasteiger partial charge in [0.15, 0.2) is 6.61 Å². The summed E-state index contributed by atoms with van der Waals surface area (Å²) < 4.78 is 10.2. The number of carbonyl (C=O) groups excluding carboxylic acids is 2. The van der Waals surface area contributed by atoms with Crippen LogP contribution in [-0.4, -0.2) is 65.3 Å². The lowest BCUT2D eigenvalue weighted by Crippen LogP contribution is -2.48. The summed E-state index contributed by atoms with van der Waals surface area (Å²) in [6, 6.07) is 13.7. The molecular formula is C29H30ClN3O8. The molecule has 0 aliphatic rings. The molecule has 2 amide bonds. The van der Waals surface area contributed by atoms with E-state index in [1.165, 1.54) is 36.5 Å². The van der Waals surface area contributed by atoms with Crippen LogP contribution in [0.1, 0.15) is 44.7 Å². The molecule has 2 aromatic carbocycles. The molecule has 4 N–H and O–H groups in total. The van der Waals surface area contributed by atoms with Crippen molar-refractivity contribution in [1.29, 1.82) is 0 Å². The Morgan fingerprint density at radius 1 is 0.976 bits per heavy atom. The zero-order chi connectivity index (χ0) is 29.8. The first-order valence-corrected chi connectivity index (χ1v) is 13.1. The van der Waals surface area contributed by atoms with Crippen molar-refractivity contribution in [3.63, 3.8) is 0 Å². The summed E-state index contributed by atoms with van der Waals surface area (Å²) in [5, 5.41) is 24.2. The predicted molar refractivity (Wildman–Crippen MR) is 150 cm³/mol. The molecule has 0 fully saturated rings. The fraction of sp³-hybridized carbons (Fsp3) is 0.276. The van der Waals surface area contributed by atoms with Crippen LogP contribution in [0.4, 0.5) is 0 Å². The van der Waals surface area contributed by atoms with Crippen molar-refractivity contribution >= 4 is 35.4 Å². The van der Waals surface area contributed by atoms with Crippen molar-refractivity contribution in [3.05, 3.63) is 88.2 Å². The predicted octanol–water partition coefficient (Wildman–Crippen LogP) is 3.39. The molecule has 11 nitrogen and oxygen atoms in total. The normalized spacial score (nSPS) is 11.3. The van der Waals surface area contributed by atoms with Crippen LogP contribution < -0.4 is 20.1 Å². The van der Waals surface area contributed by atoms with Crippen molar-refractivity contribution in [2.45, 2.75) is 31.7 Å². The second-order valence-corrected chi connectivity index (χ2v) is 9.40. The van der Waals surface area contributed by atoms with Crippen LogP contribution in [0.5, 0.6) is 11.5 Å². The summed E-state index contributed by atoms with van der Waals surface area (Å²) in [7, 11) is 1.61. The van der Waals surface area contributed by atoms with Gasteiger partial charge in [0, 0.05) is 19.2 Å². The van der Waals surface area contributed by atoms with Gasteiger partial charge in [-0.25, -0.2) is 14.6 Å². The highest BCUT2D eigenvalue weighted by Gasteiger charge is 2.23. The van der Waals surface area contributed by atoms with E-state index >= 15 is 0 Å². The van der Waals surface area contributed by atoms with E-state index in [4.69, 9.17) is 26.2 Å². The van der Waals surface area contributed by atoms with Gasteiger partial charge in [0.2, 0.25) is 5.91 Å². The van der Waals surface area contributed by atoms with Gasteiger partial charge in [-0.1, -0.05) is 29.8 Å². The minimum atomic E-state index is -1.33. The molecule has 1 aromatic heterocycles. The first kappa shape index (κ1) is 30.9. The molecule has 1 atom stereocenters. The van der Waals surface area contributed by atoms with E-state index in [-0.39, 0.29) is 28.5 Å². The number of methoxy groups -OCH3 is 1. The van der Waals surface area contributed by atoms with E-state index in [2.05, 4.69) is 15.6 Å². The fourth-order valence-corrected chi connectivity index (χ4v) is 4.03. The first-order chi connectivity index (χ1) is 19.7. The summed E-state index contributed by atoms with van der Waals surface area (Å²) >= 11 is 5.81. The number of benzene rings is 2. The van der Waals surface area contributed by atoms with Crippen molar-refractivity contribution in [3.8, 4) is 11.5 Å². The topological polar surface area (TPSA) is 164 Å². The van der Waals surface area contributed by atoms with Crippen LogP contribution in [0.3, 0.4) is 0 Å². The first-order valence-electron chi connectivity index (χ1n) is 12.7. The Morgan fingerprint density at radius 2 is 1.71 bits per heavy atom. The van der Waals surface area contributed by atoms with Gasteiger partial charge in [0.1, 0.15) is 28.3 Å². The number of amides is 2. The molecule has 0 saturated carbocycles. The van der Waals surface area contributed by atoms with Crippen LogP contribution in [0.25, 0.3) is 0 Å². The molecule has 0 aliphatic carbocycles. The number of aromatic nitrogens is 1. The summed E-state index contributed by atoms with van der Waals surface area (Å²) in [5.74, 6) is -2.95. The van der Waals surface area contributed by atoms with Gasteiger partial charge >= 0.3 is 11.9 Å². The third-order valence-electron chi connectivity index (χ3n) is 6.03. The van der Waals surface area contributed by atoms with Crippen molar-refractivity contribution in [1.82, 2.24) is 15.6 Å². The monoisotopic (exact) mass is 583 g/mol. The van der Waals surface area contributed by atoms with Gasteiger partial charge in [-0.2, -0.15) is 0 Å². The largest absolute Gasteiger partial charge is 0.497 e. The smallest absolute Gasteiger partial charge is 0.341 e. The number of aryl methyl sites for hydroxylation is 1. The molecule has 3 rings (SSSR count). The average molecular weight is 584 g/mol. The lowest BCUT2D eigenvalue weighted by Gasteiger charge is -2.19. The van der Waals surface area contributed by atoms with Crippen LogP contribution in [-0.2, 0) is 22.4 Å². The molecule has 3 aromatic rings. The SMILES string of the molecule is COc1ccc(CCCCNC(=O)[C@H](Cc2ccc(OCC(=O)O)c(C(=O)O)c2)NC(=O)c2ccc(Cl)nc2)cc1. The minimum absolute atomic E-state index is 0.0378. The Kier molecular flexibility index (Phi) is 11.5. The zero-order valence-electron chi connectivity index (χ0n) is 22.3. The number of nitrogens with one attached hydrogen (secondary N) is 2. The molecule has 216 valence electrons. The molecule has 1 heterocycles. The maximum atomic E-state index is 13.2. The van der Waals surface area contributed by atoms with Gasteiger partial charge < -0.3 is 30.3 Å². The maximum absolute atomic E-state index is 13.2. The van der Waals surface area contributed by atoms with E-state index in [1.807, 2.05) is 24.3 Å². The number of aliphatic carboxylic acids is 1. The maximum Gasteiger partial charge on any atom is 0.341 e. The quantitative estimate of drug-likeness (QED) is 0.155. The molecular weight excluding hydrogens is 554 g/mol. The number of hydrogen-bond acceptors (Lipinski definition) is 7. The molecule has 0 unspecified atom stereocenters. The summed E-state index contributed by atoms with van der Waals surface area (Å²) in [6.07, 6.45) is 3.57. The number of pyridine rings is 1. The van der Waals surface area contributed by atoms with E-state index < -0.39 is 36.4 Å². The van der Waals surface area contributed by atoms with Crippen LogP contribution >= 0.6 is 11.6 Å². The lowest BCUT2D eigenvalue weighted by atomic mass is 10.0. The van der Waals surface area contributed by atoms with Gasteiger partial charge in [-0.3, -0.25) is 9.59 Å². The number of unbranched alkanes of at least 4 members (excludes halogenated alkanes) is 1. The number of nitrogens with zero attached hydrogens (tertiary/aromatic N) is 1. The van der Waals surface area contributed by atoms with Crippen LogP contribution in [0.2, 0.25) is 5.15 Å². The molecule has 0 aliphatic heterocycles. The second-order valence-electron chi connectivity index (χ2n) is 9.01.